The Morgan fingerprint density at radius 2 is 1.72 bits per heavy atom. The average molecular weight is 423 g/mol. The van der Waals surface area contributed by atoms with Crippen LogP contribution in [0.5, 0.6) is 5.75 Å². The molecule has 0 unspecified atom stereocenters. The van der Waals surface area contributed by atoms with E-state index in [9.17, 15) is 4.79 Å². The Labute approximate surface area is 177 Å². The molecule has 1 saturated heterocycles. The van der Waals surface area contributed by atoms with Crippen molar-refractivity contribution >= 4 is 14.3 Å². The molecule has 0 aliphatic carbocycles. The van der Waals surface area contributed by atoms with E-state index >= 15 is 0 Å². The summed E-state index contributed by atoms with van der Waals surface area (Å²) in [6.45, 7) is 16.5. The first-order valence-electron chi connectivity index (χ1n) is 10.4. The predicted molar refractivity (Wildman–Crippen MR) is 118 cm³/mol. The number of hydrogen-bond acceptors (Lipinski definition) is 5. The van der Waals surface area contributed by atoms with Crippen molar-refractivity contribution in [2.24, 2.45) is 5.41 Å². The molecule has 0 amide bonds. The van der Waals surface area contributed by atoms with Crippen molar-refractivity contribution in [2.75, 3.05) is 13.7 Å². The Hall–Kier alpha value is -1.37. The highest BCUT2D eigenvalue weighted by Crippen LogP contribution is 2.39. The van der Waals surface area contributed by atoms with Crippen molar-refractivity contribution in [2.45, 2.75) is 84.4 Å². The summed E-state index contributed by atoms with van der Waals surface area (Å²) in [5.41, 5.74) is 0.787. The molecule has 1 aliphatic heterocycles. The minimum absolute atomic E-state index is 0.143. The molecule has 2 atom stereocenters. The van der Waals surface area contributed by atoms with Gasteiger partial charge in [0, 0.05) is 18.4 Å². The van der Waals surface area contributed by atoms with E-state index in [-0.39, 0.29) is 28.6 Å². The minimum Gasteiger partial charge on any atom is -0.497 e. The van der Waals surface area contributed by atoms with Crippen molar-refractivity contribution in [3.8, 4) is 5.75 Å². The SMILES string of the molecule is COc1ccc(CO[C@H]2CC(=O)O[C@@H](C(C)(C)CO[Si](C)(C)C(C)(C)C)C2)cc1. The van der Waals surface area contributed by atoms with Gasteiger partial charge in [0.1, 0.15) is 11.9 Å². The average Bonchev–Trinajstić information content (AvgIpc) is 2.64. The van der Waals surface area contributed by atoms with Gasteiger partial charge < -0.3 is 18.6 Å². The van der Waals surface area contributed by atoms with Gasteiger partial charge in [-0.2, -0.15) is 0 Å². The van der Waals surface area contributed by atoms with E-state index in [0.717, 1.165) is 11.3 Å². The Bertz CT molecular complexity index is 676. The summed E-state index contributed by atoms with van der Waals surface area (Å²) in [5, 5.41) is 0.149. The van der Waals surface area contributed by atoms with Crippen LogP contribution in [0.4, 0.5) is 0 Å². The third-order valence-corrected chi connectivity index (χ3v) is 10.8. The van der Waals surface area contributed by atoms with Crippen LogP contribution < -0.4 is 4.74 Å². The third-order valence-electron chi connectivity index (χ3n) is 6.27. The molecule has 6 heteroatoms. The number of benzene rings is 1. The normalized spacial score (nSPS) is 21.0. The zero-order valence-electron chi connectivity index (χ0n) is 19.3. The largest absolute Gasteiger partial charge is 0.497 e. The van der Waals surface area contributed by atoms with Crippen LogP contribution in [-0.4, -0.2) is 40.2 Å². The molecule has 0 saturated carbocycles. The summed E-state index contributed by atoms with van der Waals surface area (Å²) in [4.78, 5) is 12.2. The second kappa shape index (κ2) is 9.19. The zero-order chi connectivity index (χ0) is 21.9. The quantitative estimate of drug-likeness (QED) is 0.418. The molecule has 2 rings (SSSR count). The first-order chi connectivity index (χ1) is 13.3. The third kappa shape index (κ3) is 6.56. The van der Waals surface area contributed by atoms with Gasteiger partial charge in [-0.25, -0.2) is 0 Å². The molecular formula is C23H38O5Si. The van der Waals surface area contributed by atoms with Gasteiger partial charge in [-0.1, -0.05) is 46.8 Å². The van der Waals surface area contributed by atoms with Crippen molar-refractivity contribution < 1.29 is 23.4 Å². The van der Waals surface area contributed by atoms with Crippen molar-refractivity contribution in [3.05, 3.63) is 29.8 Å². The molecule has 1 aromatic rings. The number of rotatable bonds is 8. The summed E-state index contributed by atoms with van der Waals surface area (Å²) in [5.74, 6) is 0.625. The molecule has 0 aromatic heterocycles. The Morgan fingerprint density at radius 1 is 1.10 bits per heavy atom. The van der Waals surface area contributed by atoms with E-state index in [1.165, 1.54) is 0 Å². The van der Waals surface area contributed by atoms with Gasteiger partial charge in [0.15, 0.2) is 8.32 Å². The molecule has 1 aliphatic rings. The Morgan fingerprint density at radius 3 is 2.28 bits per heavy atom. The second-order valence-electron chi connectivity index (χ2n) is 10.2. The molecule has 0 N–H and O–H groups in total. The molecular weight excluding hydrogens is 384 g/mol. The Kier molecular flexibility index (Phi) is 7.57. The van der Waals surface area contributed by atoms with Crippen LogP contribution in [0.2, 0.25) is 18.1 Å². The molecule has 0 radical (unpaired) electrons. The highest BCUT2D eigenvalue weighted by Gasteiger charge is 2.43. The van der Waals surface area contributed by atoms with Crippen molar-refractivity contribution in [1.82, 2.24) is 0 Å². The number of esters is 1. The lowest BCUT2D eigenvalue weighted by Crippen LogP contribution is -2.48. The maximum Gasteiger partial charge on any atom is 0.308 e. The van der Waals surface area contributed by atoms with E-state index in [1.807, 2.05) is 24.3 Å². The van der Waals surface area contributed by atoms with Gasteiger partial charge in [-0.3, -0.25) is 4.79 Å². The molecule has 0 spiro atoms. The van der Waals surface area contributed by atoms with Gasteiger partial charge in [-0.05, 0) is 35.8 Å². The van der Waals surface area contributed by atoms with E-state index in [0.29, 0.717) is 26.1 Å². The number of methoxy groups -OCH3 is 1. The second-order valence-corrected chi connectivity index (χ2v) is 15.0. The van der Waals surface area contributed by atoms with Crippen LogP contribution in [-0.2, 0) is 25.3 Å². The number of cyclic esters (lactones) is 1. The van der Waals surface area contributed by atoms with E-state index in [1.54, 1.807) is 7.11 Å². The number of carbonyl (C=O) groups is 1. The lowest BCUT2D eigenvalue weighted by Gasteiger charge is -2.43. The molecule has 29 heavy (non-hydrogen) atoms. The van der Waals surface area contributed by atoms with Crippen LogP contribution in [0.3, 0.4) is 0 Å². The maximum absolute atomic E-state index is 12.2. The van der Waals surface area contributed by atoms with Crippen LogP contribution in [0.1, 0.15) is 53.0 Å². The topological polar surface area (TPSA) is 54.0 Å². The summed E-state index contributed by atoms with van der Waals surface area (Å²) < 4.78 is 23.4. The lowest BCUT2D eigenvalue weighted by molar-refractivity contribution is -0.175. The lowest BCUT2D eigenvalue weighted by atomic mass is 9.82. The van der Waals surface area contributed by atoms with Gasteiger partial charge in [0.2, 0.25) is 0 Å². The fourth-order valence-corrected chi connectivity index (χ4v) is 4.15. The predicted octanol–water partition coefficient (Wildman–Crippen LogP) is 5.33. The standard InChI is InChI=1S/C23H38O5Si/c1-22(2,3)29(7,8)27-16-23(4,5)20-13-19(14-21(24)28-20)26-15-17-9-11-18(25-6)12-10-17/h9-12,19-20H,13-16H2,1-8H3/t19-,20-/m1/s1. The highest BCUT2D eigenvalue weighted by atomic mass is 28.4. The van der Waals surface area contributed by atoms with Crippen molar-refractivity contribution in [3.63, 3.8) is 0 Å². The fraction of sp³-hybridized carbons (Fsp3) is 0.696. The van der Waals surface area contributed by atoms with Crippen LogP contribution in [0, 0.1) is 5.41 Å². The first-order valence-corrected chi connectivity index (χ1v) is 13.3. The maximum atomic E-state index is 12.2. The van der Waals surface area contributed by atoms with Gasteiger partial charge in [0.05, 0.1) is 26.2 Å². The minimum atomic E-state index is -1.86. The number of hydrogen-bond donors (Lipinski definition) is 0. The van der Waals surface area contributed by atoms with Gasteiger partial charge in [-0.15, -0.1) is 0 Å². The smallest absolute Gasteiger partial charge is 0.308 e. The van der Waals surface area contributed by atoms with E-state index in [4.69, 9.17) is 18.6 Å². The zero-order valence-corrected chi connectivity index (χ0v) is 20.3. The van der Waals surface area contributed by atoms with Gasteiger partial charge in [0.25, 0.3) is 0 Å². The summed E-state index contributed by atoms with van der Waals surface area (Å²) in [7, 11) is -0.213. The molecule has 1 heterocycles. The van der Waals surface area contributed by atoms with Crippen molar-refractivity contribution in [1.29, 1.82) is 0 Å². The van der Waals surface area contributed by atoms with E-state index < -0.39 is 8.32 Å². The summed E-state index contributed by atoms with van der Waals surface area (Å²) >= 11 is 0. The van der Waals surface area contributed by atoms with Crippen LogP contribution >= 0.6 is 0 Å². The summed E-state index contributed by atoms with van der Waals surface area (Å²) in [6.07, 6.45) is 0.631. The molecule has 0 bridgehead atoms. The number of carbonyl (C=O) groups excluding carboxylic acids is 1. The van der Waals surface area contributed by atoms with Crippen LogP contribution in [0.25, 0.3) is 0 Å². The van der Waals surface area contributed by atoms with Crippen LogP contribution in [0.15, 0.2) is 24.3 Å². The number of ether oxygens (including phenoxy) is 3. The first kappa shape index (κ1) is 23.9. The monoisotopic (exact) mass is 422 g/mol. The molecule has 1 fully saturated rings. The molecule has 164 valence electrons. The van der Waals surface area contributed by atoms with E-state index in [2.05, 4.69) is 47.7 Å². The molecule has 1 aromatic carbocycles. The Balaban J connectivity index is 1.95. The fourth-order valence-electron chi connectivity index (χ4n) is 2.98. The highest BCUT2D eigenvalue weighted by molar-refractivity contribution is 6.74. The van der Waals surface area contributed by atoms with Gasteiger partial charge >= 0.3 is 5.97 Å². The summed E-state index contributed by atoms with van der Waals surface area (Å²) in [6, 6.07) is 7.79. The molecule has 5 nitrogen and oxygen atoms in total.